The molecule has 1 aromatic heterocycles. The molecule has 1 aliphatic heterocycles. The van der Waals surface area contributed by atoms with Crippen LogP contribution >= 0.6 is 15.9 Å². The normalized spacial score (nSPS) is 16.1. The van der Waals surface area contributed by atoms with Crippen LogP contribution in [0.1, 0.15) is 37.8 Å². The Morgan fingerprint density at radius 3 is 2.62 bits per heavy atom. The van der Waals surface area contributed by atoms with Crippen LogP contribution in [0.3, 0.4) is 0 Å². The van der Waals surface area contributed by atoms with Crippen LogP contribution in [-0.4, -0.2) is 64.1 Å². The van der Waals surface area contributed by atoms with Gasteiger partial charge < -0.3 is 25.6 Å². The molecule has 208 valence electrons. The van der Waals surface area contributed by atoms with Gasteiger partial charge >= 0.3 is 0 Å². The summed E-state index contributed by atoms with van der Waals surface area (Å²) in [5.74, 6) is -1.45. The average molecular weight is 604 g/mol. The van der Waals surface area contributed by atoms with E-state index < -0.39 is 22.9 Å². The van der Waals surface area contributed by atoms with Gasteiger partial charge in [0.1, 0.15) is 17.2 Å². The van der Waals surface area contributed by atoms with Gasteiger partial charge in [-0.3, -0.25) is 9.59 Å². The molecule has 4 rings (SSSR count). The second kappa shape index (κ2) is 12.0. The molecular weight excluding hydrogens is 570 g/mol. The molecule has 0 unspecified atom stereocenters. The summed E-state index contributed by atoms with van der Waals surface area (Å²) in [5.41, 5.74) is 0.327. The lowest BCUT2D eigenvalue weighted by atomic mass is 9.85. The zero-order valence-corrected chi connectivity index (χ0v) is 23.6. The Morgan fingerprint density at radius 1 is 1.18 bits per heavy atom. The molecule has 1 fully saturated rings. The van der Waals surface area contributed by atoms with E-state index in [9.17, 15) is 23.5 Å². The molecule has 0 bridgehead atoms. The lowest BCUT2D eigenvalue weighted by molar-refractivity contribution is -0.134. The second-order valence-electron chi connectivity index (χ2n) is 10.7. The molecule has 0 spiro atoms. The number of benzene rings is 2. The number of likely N-dealkylation sites (tertiary alicyclic amines) is 1. The number of hydrogen-bond donors (Lipinski definition) is 4. The molecule has 39 heavy (non-hydrogen) atoms. The van der Waals surface area contributed by atoms with Crippen molar-refractivity contribution in [2.24, 2.45) is 0 Å². The van der Waals surface area contributed by atoms with Gasteiger partial charge in [-0.2, -0.15) is 0 Å². The van der Waals surface area contributed by atoms with Gasteiger partial charge in [-0.25, -0.2) is 8.78 Å². The van der Waals surface area contributed by atoms with Crippen molar-refractivity contribution in [3.63, 3.8) is 0 Å². The number of nitrogens with one attached hydrogen (secondary N) is 3. The molecule has 2 amide bonds. The van der Waals surface area contributed by atoms with Crippen molar-refractivity contribution < 1.29 is 23.5 Å². The van der Waals surface area contributed by atoms with Crippen LogP contribution in [0.5, 0.6) is 0 Å². The van der Waals surface area contributed by atoms with E-state index in [0.29, 0.717) is 51.0 Å². The number of aliphatic hydroxyl groups is 1. The van der Waals surface area contributed by atoms with E-state index in [1.165, 1.54) is 24.3 Å². The maximum atomic E-state index is 13.7. The number of rotatable bonds is 9. The standard InChI is InChI=1S/C29H33BrF2N4O3/c1-28(2,39)18-36-13-10-29(11-14-36,35-26(37)8-4-19-3-6-24(32)23(30)15-19)27(38)33-12-9-20-17-34-25-7-5-21(31)16-22(20)25/h3-8,15-17,34,39H,9-14,18H2,1-2H3,(H,33,38)(H,35,37)/b8-4+. The Bertz CT molecular complexity index is 1370. The topological polar surface area (TPSA) is 97.5 Å². The number of fused-ring (bicyclic) bond motifs is 1. The fraction of sp³-hybridized carbons (Fsp3) is 0.379. The molecule has 4 N–H and O–H groups in total. The number of amides is 2. The van der Waals surface area contributed by atoms with Gasteiger partial charge in [0.15, 0.2) is 0 Å². The number of aromatic amines is 1. The van der Waals surface area contributed by atoms with Crippen LogP contribution in [0.15, 0.2) is 53.1 Å². The van der Waals surface area contributed by atoms with Gasteiger partial charge in [0.2, 0.25) is 11.8 Å². The first-order chi connectivity index (χ1) is 18.4. The quantitative estimate of drug-likeness (QED) is 0.275. The molecule has 10 heteroatoms. The van der Waals surface area contributed by atoms with E-state index in [1.807, 2.05) is 6.20 Å². The first-order valence-corrected chi connectivity index (χ1v) is 13.7. The third-order valence-corrected chi connectivity index (χ3v) is 7.51. The van der Waals surface area contributed by atoms with Gasteiger partial charge in [0.05, 0.1) is 10.1 Å². The third kappa shape index (κ3) is 7.52. The Labute approximate surface area is 234 Å². The summed E-state index contributed by atoms with van der Waals surface area (Å²) in [6.45, 7) is 5.28. The molecule has 2 aromatic carbocycles. The van der Waals surface area contributed by atoms with Crippen LogP contribution in [0.4, 0.5) is 8.78 Å². The number of hydrogen-bond acceptors (Lipinski definition) is 4. The summed E-state index contributed by atoms with van der Waals surface area (Å²) < 4.78 is 27.6. The fourth-order valence-electron chi connectivity index (χ4n) is 4.95. The molecule has 1 aliphatic rings. The number of carbonyl (C=O) groups is 2. The van der Waals surface area contributed by atoms with Crippen molar-refractivity contribution in [3.8, 4) is 0 Å². The van der Waals surface area contributed by atoms with Crippen molar-refractivity contribution in [2.75, 3.05) is 26.2 Å². The lowest BCUT2D eigenvalue weighted by Gasteiger charge is -2.42. The minimum Gasteiger partial charge on any atom is -0.389 e. The number of halogens is 3. The minimum atomic E-state index is -1.13. The van der Waals surface area contributed by atoms with E-state index in [1.54, 1.807) is 38.1 Å². The molecule has 0 aliphatic carbocycles. The molecule has 0 radical (unpaired) electrons. The number of nitrogens with zero attached hydrogens (tertiary/aromatic N) is 1. The van der Waals surface area contributed by atoms with Gasteiger partial charge in [-0.05, 0) is 96.6 Å². The zero-order valence-electron chi connectivity index (χ0n) is 22.0. The van der Waals surface area contributed by atoms with Gasteiger partial charge in [-0.15, -0.1) is 0 Å². The number of H-pyrrole nitrogens is 1. The Morgan fingerprint density at radius 2 is 1.92 bits per heavy atom. The van der Waals surface area contributed by atoms with Crippen molar-refractivity contribution >= 4 is 44.7 Å². The maximum Gasteiger partial charge on any atom is 0.245 e. The van der Waals surface area contributed by atoms with Crippen molar-refractivity contribution in [1.29, 1.82) is 0 Å². The van der Waals surface area contributed by atoms with E-state index in [0.717, 1.165) is 16.5 Å². The lowest BCUT2D eigenvalue weighted by Crippen LogP contribution is -2.63. The van der Waals surface area contributed by atoms with Crippen LogP contribution in [-0.2, 0) is 16.0 Å². The predicted octanol–water partition coefficient (Wildman–Crippen LogP) is 4.30. The molecule has 7 nitrogen and oxygen atoms in total. The Kier molecular flexibility index (Phi) is 8.88. The second-order valence-corrected chi connectivity index (χ2v) is 11.5. The summed E-state index contributed by atoms with van der Waals surface area (Å²) in [5, 5.41) is 16.9. The highest BCUT2D eigenvalue weighted by atomic mass is 79.9. The third-order valence-electron chi connectivity index (χ3n) is 6.90. The molecule has 0 saturated carbocycles. The van der Waals surface area contributed by atoms with Crippen molar-refractivity contribution in [1.82, 2.24) is 20.5 Å². The van der Waals surface area contributed by atoms with Gasteiger partial charge in [0, 0.05) is 49.4 Å². The van der Waals surface area contributed by atoms with Crippen molar-refractivity contribution in [3.05, 3.63) is 75.9 Å². The highest BCUT2D eigenvalue weighted by Crippen LogP contribution is 2.25. The van der Waals surface area contributed by atoms with Crippen LogP contribution < -0.4 is 10.6 Å². The molecule has 2 heterocycles. The molecular formula is C29H33BrF2N4O3. The number of piperidine rings is 1. The fourth-order valence-corrected chi connectivity index (χ4v) is 5.35. The highest BCUT2D eigenvalue weighted by molar-refractivity contribution is 9.10. The first-order valence-electron chi connectivity index (χ1n) is 12.9. The Hall–Kier alpha value is -3.08. The minimum absolute atomic E-state index is 0.289. The molecule has 0 atom stereocenters. The molecule has 3 aromatic rings. The van der Waals surface area contributed by atoms with Gasteiger partial charge in [0.25, 0.3) is 0 Å². The van der Waals surface area contributed by atoms with E-state index in [4.69, 9.17) is 0 Å². The zero-order chi connectivity index (χ0) is 28.2. The summed E-state index contributed by atoms with van der Waals surface area (Å²) in [7, 11) is 0. The SMILES string of the molecule is CC(C)(O)CN1CCC(NC(=O)/C=C/c2ccc(F)c(Br)c2)(C(=O)NCCc2c[nH]c3ccc(F)cc23)CC1. The van der Waals surface area contributed by atoms with E-state index in [-0.39, 0.29) is 16.2 Å². The maximum absolute atomic E-state index is 13.7. The monoisotopic (exact) mass is 602 g/mol. The first kappa shape index (κ1) is 28.9. The highest BCUT2D eigenvalue weighted by Gasteiger charge is 2.42. The van der Waals surface area contributed by atoms with Crippen LogP contribution in [0, 0.1) is 11.6 Å². The smallest absolute Gasteiger partial charge is 0.245 e. The van der Waals surface area contributed by atoms with E-state index in [2.05, 4.69) is 36.4 Å². The van der Waals surface area contributed by atoms with Crippen LogP contribution in [0.25, 0.3) is 17.0 Å². The Balaban J connectivity index is 1.44. The predicted molar refractivity (Wildman–Crippen MR) is 151 cm³/mol. The van der Waals surface area contributed by atoms with Gasteiger partial charge in [-0.1, -0.05) is 6.07 Å². The number of aromatic nitrogens is 1. The summed E-state index contributed by atoms with van der Waals surface area (Å²) in [4.78, 5) is 31.6. The van der Waals surface area contributed by atoms with Crippen LogP contribution in [0.2, 0.25) is 0 Å². The average Bonchev–Trinajstić information content (AvgIpc) is 3.27. The van der Waals surface area contributed by atoms with Crippen molar-refractivity contribution in [2.45, 2.75) is 44.2 Å². The number of carbonyl (C=O) groups excluding carboxylic acids is 2. The summed E-state index contributed by atoms with van der Waals surface area (Å²) in [6.07, 6.45) is 5.93. The summed E-state index contributed by atoms with van der Waals surface area (Å²) in [6, 6.07) is 8.96. The molecule has 1 saturated heterocycles. The van der Waals surface area contributed by atoms with E-state index >= 15 is 0 Å². The largest absolute Gasteiger partial charge is 0.389 e. The number of β-amino-alcohol motifs (C(OH)–C–C–N with tert-alkyl or cyclic N) is 1. The summed E-state index contributed by atoms with van der Waals surface area (Å²) >= 11 is 3.14.